The Morgan fingerprint density at radius 1 is 1.41 bits per heavy atom. The van der Waals surface area contributed by atoms with E-state index in [1.54, 1.807) is 6.92 Å². The van der Waals surface area contributed by atoms with Gasteiger partial charge < -0.3 is 4.52 Å². The highest BCUT2D eigenvalue weighted by Crippen LogP contribution is 2.27. The van der Waals surface area contributed by atoms with E-state index in [2.05, 4.69) is 31.1 Å². The normalized spacial score (nSPS) is 10.0. The molecule has 1 aromatic carbocycles. The maximum atomic E-state index is 8.35. The molecule has 0 spiro atoms. The van der Waals surface area contributed by atoms with Crippen molar-refractivity contribution in [2.24, 2.45) is 5.11 Å². The van der Waals surface area contributed by atoms with E-state index >= 15 is 0 Å². The van der Waals surface area contributed by atoms with E-state index in [0.29, 0.717) is 5.76 Å². The molecule has 6 heteroatoms. The van der Waals surface area contributed by atoms with Crippen LogP contribution in [-0.2, 0) is 6.54 Å². The van der Waals surface area contributed by atoms with Gasteiger partial charge in [0.2, 0.25) is 0 Å². The molecule has 0 radical (unpaired) electrons. The van der Waals surface area contributed by atoms with Crippen LogP contribution in [0.3, 0.4) is 0 Å². The lowest BCUT2D eigenvalue weighted by Crippen LogP contribution is -1.86. The molecule has 0 saturated heterocycles. The molecule has 5 nitrogen and oxygen atoms in total. The Balaban J connectivity index is 2.44. The summed E-state index contributed by atoms with van der Waals surface area (Å²) in [5, 5.41) is 7.55. The Morgan fingerprint density at radius 2 is 2.12 bits per heavy atom. The summed E-state index contributed by atoms with van der Waals surface area (Å²) in [5.74, 6) is 0.676. The monoisotopic (exact) mass is 292 g/mol. The van der Waals surface area contributed by atoms with Crippen molar-refractivity contribution in [1.29, 1.82) is 0 Å². The van der Waals surface area contributed by atoms with Crippen LogP contribution >= 0.6 is 15.9 Å². The van der Waals surface area contributed by atoms with Gasteiger partial charge in [-0.2, -0.15) is 0 Å². The van der Waals surface area contributed by atoms with Crippen molar-refractivity contribution in [2.75, 3.05) is 0 Å². The van der Waals surface area contributed by atoms with Crippen molar-refractivity contribution >= 4 is 15.9 Å². The zero-order valence-electron chi connectivity index (χ0n) is 9.09. The van der Waals surface area contributed by atoms with Gasteiger partial charge in [0.1, 0.15) is 11.5 Å². The predicted molar refractivity (Wildman–Crippen MR) is 67.2 cm³/mol. The first kappa shape index (κ1) is 11.7. The molecule has 0 aliphatic heterocycles. The average molecular weight is 293 g/mol. The van der Waals surface area contributed by atoms with E-state index in [1.807, 2.05) is 24.3 Å². The molecule has 0 N–H and O–H groups in total. The van der Waals surface area contributed by atoms with Crippen LogP contribution < -0.4 is 0 Å². The van der Waals surface area contributed by atoms with Crippen molar-refractivity contribution in [3.05, 3.63) is 50.5 Å². The molecule has 0 amide bonds. The van der Waals surface area contributed by atoms with Gasteiger partial charge >= 0.3 is 0 Å². The smallest absolute Gasteiger partial charge is 0.137 e. The highest BCUT2D eigenvalue weighted by Gasteiger charge is 2.13. The number of nitrogens with zero attached hydrogens (tertiary/aromatic N) is 4. The zero-order chi connectivity index (χ0) is 12.3. The quantitative estimate of drug-likeness (QED) is 0.482. The lowest BCUT2D eigenvalue weighted by atomic mass is 10.1. The van der Waals surface area contributed by atoms with Gasteiger partial charge in [0, 0.05) is 20.5 Å². The van der Waals surface area contributed by atoms with E-state index in [9.17, 15) is 0 Å². The number of halogens is 1. The van der Waals surface area contributed by atoms with Gasteiger partial charge in [-0.3, -0.25) is 0 Å². The second-order valence-corrected chi connectivity index (χ2v) is 4.38. The molecule has 2 aromatic rings. The van der Waals surface area contributed by atoms with E-state index in [-0.39, 0.29) is 6.54 Å². The van der Waals surface area contributed by atoms with Gasteiger partial charge in [-0.15, -0.1) is 0 Å². The van der Waals surface area contributed by atoms with Crippen LogP contribution in [0.15, 0.2) is 38.4 Å². The van der Waals surface area contributed by atoms with Crippen LogP contribution in [0, 0.1) is 6.92 Å². The van der Waals surface area contributed by atoms with Gasteiger partial charge in [-0.05, 0) is 24.6 Å². The summed E-state index contributed by atoms with van der Waals surface area (Å²) in [6, 6.07) is 7.72. The largest absolute Gasteiger partial charge is 0.361 e. The van der Waals surface area contributed by atoms with Crippen LogP contribution in [0.4, 0.5) is 0 Å². The minimum atomic E-state index is 0.247. The maximum absolute atomic E-state index is 8.35. The molecule has 17 heavy (non-hydrogen) atoms. The number of benzene rings is 1. The number of aromatic nitrogens is 1. The van der Waals surface area contributed by atoms with Crippen molar-refractivity contribution in [2.45, 2.75) is 13.5 Å². The summed E-state index contributed by atoms with van der Waals surface area (Å²) in [6.45, 7) is 2.05. The minimum absolute atomic E-state index is 0.247. The summed E-state index contributed by atoms with van der Waals surface area (Å²) in [7, 11) is 0. The molecule has 2 rings (SSSR count). The lowest BCUT2D eigenvalue weighted by Gasteiger charge is -1.99. The summed E-state index contributed by atoms with van der Waals surface area (Å²) in [5.41, 5.74) is 10.8. The van der Waals surface area contributed by atoms with Crippen LogP contribution in [0.5, 0.6) is 0 Å². The molecule has 1 heterocycles. The van der Waals surface area contributed by atoms with E-state index < -0.39 is 0 Å². The fourth-order valence-corrected chi connectivity index (χ4v) is 1.78. The topological polar surface area (TPSA) is 74.8 Å². The average Bonchev–Trinajstić information content (AvgIpc) is 2.69. The summed E-state index contributed by atoms with van der Waals surface area (Å²) < 4.78 is 6.13. The second kappa shape index (κ2) is 5.03. The maximum Gasteiger partial charge on any atom is 0.137 e. The molecular weight excluding hydrogens is 284 g/mol. The fraction of sp³-hybridized carbons (Fsp3) is 0.182. The second-order valence-electron chi connectivity index (χ2n) is 3.46. The zero-order valence-corrected chi connectivity index (χ0v) is 10.7. The molecule has 0 atom stereocenters. The van der Waals surface area contributed by atoms with Gasteiger partial charge in [-0.25, -0.2) is 0 Å². The third-order valence-electron chi connectivity index (χ3n) is 2.39. The molecule has 0 saturated carbocycles. The van der Waals surface area contributed by atoms with Crippen LogP contribution in [0.1, 0.15) is 11.3 Å². The number of hydrogen-bond acceptors (Lipinski definition) is 3. The van der Waals surface area contributed by atoms with E-state index in [4.69, 9.17) is 10.1 Å². The molecule has 86 valence electrons. The molecule has 0 unspecified atom stereocenters. The first-order valence-electron chi connectivity index (χ1n) is 4.94. The van der Waals surface area contributed by atoms with Gasteiger partial charge in [0.05, 0.1) is 6.54 Å². The SMILES string of the molecule is Cc1onc(-c2ccc(Br)cc2)c1CN=[N+]=[N-]. The molecule has 0 fully saturated rings. The Labute approximate surface area is 106 Å². The molecule has 0 aliphatic rings. The van der Waals surface area contributed by atoms with Crippen LogP contribution in [0.2, 0.25) is 0 Å². The summed E-state index contributed by atoms with van der Waals surface area (Å²) in [4.78, 5) is 2.75. The molecule has 0 bridgehead atoms. The first-order valence-corrected chi connectivity index (χ1v) is 5.73. The Kier molecular flexibility index (Phi) is 3.46. The standard InChI is InChI=1S/C11H9BrN4O/c1-7-10(6-14-16-13)11(15-17-7)8-2-4-9(12)5-3-8/h2-5H,6H2,1H3. The summed E-state index contributed by atoms with van der Waals surface area (Å²) in [6.07, 6.45) is 0. The molecule has 0 aliphatic carbocycles. The minimum Gasteiger partial charge on any atom is -0.361 e. The molecule has 1 aromatic heterocycles. The Morgan fingerprint density at radius 3 is 2.76 bits per heavy atom. The Bertz CT molecular complexity index is 570. The summed E-state index contributed by atoms with van der Waals surface area (Å²) >= 11 is 3.37. The van der Waals surface area contributed by atoms with Crippen LogP contribution in [-0.4, -0.2) is 5.16 Å². The van der Waals surface area contributed by atoms with E-state index in [0.717, 1.165) is 21.3 Å². The van der Waals surface area contributed by atoms with Crippen LogP contribution in [0.25, 0.3) is 21.7 Å². The van der Waals surface area contributed by atoms with Crippen molar-refractivity contribution in [3.63, 3.8) is 0 Å². The number of hydrogen-bond donors (Lipinski definition) is 0. The van der Waals surface area contributed by atoms with Crippen molar-refractivity contribution < 1.29 is 4.52 Å². The molecular formula is C11H9BrN4O. The number of azide groups is 1. The fourth-order valence-electron chi connectivity index (χ4n) is 1.51. The van der Waals surface area contributed by atoms with Gasteiger partial charge in [0.15, 0.2) is 0 Å². The highest BCUT2D eigenvalue weighted by molar-refractivity contribution is 9.10. The van der Waals surface area contributed by atoms with Gasteiger partial charge in [-0.1, -0.05) is 38.3 Å². The van der Waals surface area contributed by atoms with Crippen molar-refractivity contribution in [1.82, 2.24) is 5.16 Å². The highest BCUT2D eigenvalue weighted by atomic mass is 79.9. The van der Waals surface area contributed by atoms with Crippen molar-refractivity contribution in [3.8, 4) is 11.3 Å². The predicted octanol–water partition coefficient (Wildman–Crippen LogP) is 4.22. The Hall–Kier alpha value is -1.78. The third-order valence-corrected chi connectivity index (χ3v) is 2.92. The first-order chi connectivity index (χ1) is 8.22. The number of aryl methyl sites for hydroxylation is 1. The third kappa shape index (κ3) is 2.49. The number of rotatable bonds is 3. The van der Waals surface area contributed by atoms with Gasteiger partial charge in [0.25, 0.3) is 0 Å². The lowest BCUT2D eigenvalue weighted by molar-refractivity contribution is 0.398. The van der Waals surface area contributed by atoms with E-state index in [1.165, 1.54) is 0 Å².